The van der Waals surface area contributed by atoms with Crippen molar-refractivity contribution in [1.82, 2.24) is 0 Å². The number of fused-ring (bicyclic) bond motifs is 1. The fourth-order valence-electron chi connectivity index (χ4n) is 1.61. The summed E-state index contributed by atoms with van der Waals surface area (Å²) in [6.45, 7) is 6.68. The molecular formula is C14H17N. The highest BCUT2D eigenvalue weighted by Crippen LogP contribution is 2.33. The molecule has 1 heteroatoms. The molecule has 2 rings (SSSR count). The monoisotopic (exact) mass is 199 g/mol. The van der Waals surface area contributed by atoms with E-state index in [0.717, 1.165) is 5.69 Å². The highest BCUT2D eigenvalue weighted by atomic mass is 14.7. The topological polar surface area (TPSA) is 12.4 Å². The summed E-state index contributed by atoms with van der Waals surface area (Å²) in [6, 6.07) is 8.25. The first-order valence-electron chi connectivity index (χ1n) is 5.45. The lowest BCUT2D eigenvalue weighted by atomic mass is 9.80. The second kappa shape index (κ2) is 3.65. The van der Waals surface area contributed by atoms with Crippen LogP contribution in [0.4, 0.5) is 5.69 Å². The molecule has 1 aliphatic rings. The Bertz CT molecular complexity index is 380. The zero-order valence-corrected chi connectivity index (χ0v) is 9.57. The second-order valence-corrected chi connectivity index (χ2v) is 4.67. The maximum atomic E-state index is 4.57. The molecule has 78 valence electrons. The smallest absolute Gasteiger partial charge is 0.0698 e. The van der Waals surface area contributed by atoms with Gasteiger partial charge in [-0.05, 0) is 17.5 Å². The van der Waals surface area contributed by atoms with Crippen molar-refractivity contribution in [2.24, 2.45) is 16.3 Å². The van der Waals surface area contributed by atoms with Crippen molar-refractivity contribution in [3.8, 4) is 0 Å². The van der Waals surface area contributed by atoms with Crippen LogP contribution in [0, 0.1) is 11.3 Å². The van der Waals surface area contributed by atoms with Gasteiger partial charge in [0.05, 0.1) is 5.69 Å². The first-order chi connectivity index (χ1) is 7.12. The van der Waals surface area contributed by atoms with Crippen molar-refractivity contribution in [3.63, 3.8) is 0 Å². The quantitative estimate of drug-likeness (QED) is 0.646. The SMILES string of the molecule is CC(C)C1(C)C=Cc2ccccc2N=C1. The number of benzene rings is 1. The third-order valence-corrected chi connectivity index (χ3v) is 3.28. The van der Waals surface area contributed by atoms with Gasteiger partial charge in [0.2, 0.25) is 0 Å². The molecule has 0 aliphatic carbocycles. The molecule has 0 radical (unpaired) electrons. The van der Waals surface area contributed by atoms with Gasteiger partial charge in [-0.1, -0.05) is 51.1 Å². The van der Waals surface area contributed by atoms with E-state index in [0.29, 0.717) is 5.92 Å². The molecule has 0 saturated carbocycles. The third-order valence-electron chi connectivity index (χ3n) is 3.28. The predicted octanol–water partition coefficient (Wildman–Crippen LogP) is 4.08. The Hall–Kier alpha value is -1.37. The van der Waals surface area contributed by atoms with Gasteiger partial charge in [-0.3, -0.25) is 4.99 Å². The summed E-state index contributed by atoms with van der Waals surface area (Å²) >= 11 is 0. The fourth-order valence-corrected chi connectivity index (χ4v) is 1.61. The molecule has 1 nitrogen and oxygen atoms in total. The molecule has 1 aromatic rings. The van der Waals surface area contributed by atoms with Crippen LogP contribution in [0.25, 0.3) is 6.08 Å². The van der Waals surface area contributed by atoms with Gasteiger partial charge < -0.3 is 0 Å². The van der Waals surface area contributed by atoms with Crippen LogP contribution in [-0.4, -0.2) is 6.21 Å². The number of allylic oxidation sites excluding steroid dienone is 1. The number of nitrogens with zero attached hydrogens (tertiary/aromatic N) is 1. The maximum Gasteiger partial charge on any atom is 0.0698 e. The molecule has 1 atom stereocenters. The predicted molar refractivity (Wildman–Crippen MR) is 66.6 cm³/mol. The van der Waals surface area contributed by atoms with Crippen LogP contribution in [0.1, 0.15) is 26.3 Å². The Morgan fingerprint density at radius 2 is 1.93 bits per heavy atom. The molecule has 1 heterocycles. The van der Waals surface area contributed by atoms with Crippen molar-refractivity contribution in [1.29, 1.82) is 0 Å². The molecule has 0 aromatic heterocycles. The summed E-state index contributed by atoms with van der Waals surface area (Å²) in [6.07, 6.45) is 6.51. The van der Waals surface area contributed by atoms with E-state index < -0.39 is 0 Å². The van der Waals surface area contributed by atoms with Gasteiger partial charge in [0.25, 0.3) is 0 Å². The molecule has 0 amide bonds. The molecule has 0 saturated heterocycles. The van der Waals surface area contributed by atoms with Gasteiger partial charge in [0.15, 0.2) is 0 Å². The largest absolute Gasteiger partial charge is 0.260 e. The maximum absolute atomic E-state index is 4.57. The van der Waals surface area contributed by atoms with Gasteiger partial charge in [0, 0.05) is 11.6 Å². The molecule has 15 heavy (non-hydrogen) atoms. The standard InChI is InChI=1S/C14H17N/c1-11(2)14(3)9-8-12-6-4-5-7-13(12)15-10-14/h4-11H,1-3H3. The van der Waals surface area contributed by atoms with Crippen molar-refractivity contribution in [3.05, 3.63) is 35.9 Å². The van der Waals surface area contributed by atoms with Crippen LogP contribution in [0.15, 0.2) is 35.3 Å². The van der Waals surface area contributed by atoms with Gasteiger partial charge in [-0.25, -0.2) is 0 Å². The zero-order chi connectivity index (χ0) is 10.9. The van der Waals surface area contributed by atoms with Gasteiger partial charge in [-0.2, -0.15) is 0 Å². The summed E-state index contributed by atoms with van der Waals surface area (Å²) in [7, 11) is 0. The van der Waals surface area contributed by atoms with Gasteiger partial charge in [-0.15, -0.1) is 0 Å². The first kappa shape index (κ1) is 10.2. The van der Waals surface area contributed by atoms with E-state index in [4.69, 9.17) is 0 Å². The van der Waals surface area contributed by atoms with E-state index >= 15 is 0 Å². The Balaban J connectivity index is 2.46. The van der Waals surface area contributed by atoms with Crippen molar-refractivity contribution in [2.75, 3.05) is 0 Å². The highest BCUT2D eigenvalue weighted by Gasteiger charge is 2.24. The number of hydrogen-bond acceptors (Lipinski definition) is 1. The molecule has 0 fully saturated rings. The van der Waals surface area contributed by atoms with Crippen molar-refractivity contribution in [2.45, 2.75) is 20.8 Å². The third kappa shape index (κ3) is 1.87. The van der Waals surface area contributed by atoms with Crippen LogP contribution >= 0.6 is 0 Å². The number of rotatable bonds is 1. The van der Waals surface area contributed by atoms with Crippen LogP contribution in [0.2, 0.25) is 0 Å². The molecule has 0 bridgehead atoms. The minimum atomic E-state index is 0.0685. The molecule has 1 aromatic carbocycles. The van der Waals surface area contributed by atoms with Crippen molar-refractivity contribution < 1.29 is 0 Å². The normalized spacial score (nSPS) is 24.0. The summed E-state index contributed by atoms with van der Waals surface area (Å²) in [5.74, 6) is 0.562. The Morgan fingerprint density at radius 3 is 2.67 bits per heavy atom. The van der Waals surface area contributed by atoms with E-state index in [1.165, 1.54) is 5.56 Å². The van der Waals surface area contributed by atoms with Gasteiger partial charge >= 0.3 is 0 Å². The Morgan fingerprint density at radius 1 is 1.20 bits per heavy atom. The van der Waals surface area contributed by atoms with Gasteiger partial charge in [0.1, 0.15) is 0 Å². The van der Waals surface area contributed by atoms with Crippen molar-refractivity contribution >= 4 is 18.0 Å². The lowest BCUT2D eigenvalue weighted by molar-refractivity contribution is 0.426. The summed E-state index contributed by atoms with van der Waals surface area (Å²) in [5, 5.41) is 0. The number of aliphatic imine (C=N–C) groups is 1. The summed E-state index contributed by atoms with van der Waals surface area (Å²) < 4.78 is 0. The Kier molecular flexibility index (Phi) is 2.47. The Labute approximate surface area is 91.6 Å². The first-order valence-corrected chi connectivity index (χ1v) is 5.45. The minimum Gasteiger partial charge on any atom is -0.260 e. The number of para-hydroxylation sites is 1. The van der Waals surface area contributed by atoms with Crippen LogP contribution in [-0.2, 0) is 0 Å². The van der Waals surface area contributed by atoms with E-state index in [1.807, 2.05) is 6.07 Å². The summed E-state index contributed by atoms with van der Waals surface area (Å²) in [5.41, 5.74) is 2.34. The van der Waals surface area contributed by atoms with E-state index in [9.17, 15) is 0 Å². The van der Waals surface area contributed by atoms with Crippen LogP contribution in [0.3, 0.4) is 0 Å². The van der Waals surface area contributed by atoms with Crippen LogP contribution < -0.4 is 0 Å². The average molecular weight is 199 g/mol. The second-order valence-electron chi connectivity index (χ2n) is 4.67. The van der Waals surface area contributed by atoms with E-state index in [-0.39, 0.29) is 5.41 Å². The van der Waals surface area contributed by atoms with Crippen LogP contribution in [0.5, 0.6) is 0 Å². The number of hydrogen-bond donors (Lipinski definition) is 0. The zero-order valence-electron chi connectivity index (χ0n) is 9.57. The molecule has 0 N–H and O–H groups in total. The van der Waals surface area contributed by atoms with E-state index in [2.05, 4.69) is 62.3 Å². The van der Waals surface area contributed by atoms with E-state index in [1.54, 1.807) is 0 Å². The highest BCUT2D eigenvalue weighted by molar-refractivity contribution is 5.80. The molecular weight excluding hydrogens is 182 g/mol. The molecule has 1 aliphatic heterocycles. The summed E-state index contributed by atoms with van der Waals surface area (Å²) in [4.78, 5) is 4.57. The minimum absolute atomic E-state index is 0.0685. The molecule has 0 spiro atoms. The lowest BCUT2D eigenvalue weighted by Gasteiger charge is -2.24. The lowest BCUT2D eigenvalue weighted by Crippen LogP contribution is -2.21. The molecule has 1 unspecified atom stereocenters. The fraction of sp³-hybridized carbons (Fsp3) is 0.357. The average Bonchev–Trinajstić information content (AvgIpc) is 2.40.